The van der Waals surface area contributed by atoms with Crippen molar-refractivity contribution >= 4 is 29.8 Å². The van der Waals surface area contributed by atoms with E-state index >= 15 is 0 Å². The predicted octanol–water partition coefficient (Wildman–Crippen LogP) is 5.10. The van der Waals surface area contributed by atoms with Gasteiger partial charge in [-0.3, -0.25) is 0 Å². The highest BCUT2D eigenvalue weighted by Gasteiger charge is 2.10. The van der Waals surface area contributed by atoms with Crippen molar-refractivity contribution in [2.75, 3.05) is 18.6 Å². The largest absolute Gasteiger partial charge is 0.376 e. The van der Waals surface area contributed by atoms with Gasteiger partial charge in [0.2, 0.25) is 0 Å². The lowest BCUT2D eigenvalue weighted by molar-refractivity contribution is -0.00470. The van der Waals surface area contributed by atoms with Gasteiger partial charge in [0.25, 0.3) is 0 Å². The van der Waals surface area contributed by atoms with Crippen molar-refractivity contribution in [2.45, 2.75) is 52.1 Å². The van der Waals surface area contributed by atoms with Crippen LogP contribution in [-0.2, 0) is 4.74 Å². The van der Waals surface area contributed by atoms with E-state index in [9.17, 15) is 0 Å². The van der Waals surface area contributed by atoms with E-state index < -0.39 is 8.46 Å². The van der Waals surface area contributed by atoms with Crippen molar-refractivity contribution in [3.63, 3.8) is 0 Å². The first-order valence-corrected chi connectivity index (χ1v) is 9.36. The van der Waals surface area contributed by atoms with Gasteiger partial charge in [-0.15, -0.1) is 0 Å². The molecule has 0 saturated heterocycles. The third-order valence-corrected chi connectivity index (χ3v) is 3.86. The first-order chi connectivity index (χ1) is 6.71. The molecular weight excluding hydrogens is 251 g/mol. The zero-order valence-corrected chi connectivity index (χ0v) is 12.6. The quantitative estimate of drug-likeness (QED) is 0.587. The minimum absolute atomic E-state index is 0.00496. The molecule has 0 atom stereocenters. The number of ether oxygens (including phenoxy) is 1. The molecular formula is C11H24Cl2OS. The van der Waals surface area contributed by atoms with Crippen molar-refractivity contribution in [1.29, 1.82) is 0 Å². The molecule has 0 rings (SSSR count). The molecule has 0 aromatic carbocycles. The molecule has 15 heavy (non-hydrogen) atoms. The van der Waals surface area contributed by atoms with Gasteiger partial charge in [-0.1, -0.05) is 42.7 Å². The number of hydrogen-bond donors (Lipinski definition) is 0. The summed E-state index contributed by atoms with van der Waals surface area (Å²) < 4.78 is 5.63. The topological polar surface area (TPSA) is 9.23 Å². The normalized spacial score (nSPS) is 14.3. The van der Waals surface area contributed by atoms with Crippen LogP contribution in [0, 0.1) is 0 Å². The van der Waals surface area contributed by atoms with Crippen LogP contribution in [-0.4, -0.2) is 24.2 Å². The maximum Gasteiger partial charge on any atom is 0.0598 e. The average molecular weight is 275 g/mol. The van der Waals surface area contributed by atoms with Crippen molar-refractivity contribution in [3.8, 4) is 0 Å². The van der Waals surface area contributed by atoms with E-state index in [0.717, 1.165) is 25.2 Å². The third-order valence-electron chi connectivity index (χ3n) is 1.93. The Hall–Kier alpha value is 0.890. The average Bonchev–Trinajstić information content (AvgIpc) is 1.98. The molecule has 94 valence electrons. The minimum atomic E-state index is -1.33. The van der Waals surface area contributed by atoms with E-state index in [1.54, 1.807) is 0 Å². The molecule has 0 aromatic heterocycles. The highest BCUT2D eigenvalue weighted by atomic mass is 36.0. The zero-order valence-electron chi connectivity index (χ0n) is 10.3. The molecule has 0 N–H and O–H groups in total. The van der Waals surface area contributed by atoms with E-state index in [-0.39, 0.29) is 5.60 Å². The van der Waals surface area contributed by atoms with Crippen LogP contribution in [0.5, 0.6) is 0 Å². The second-order valence-corrected chi connectivity index (χ2v) is 11.7. The van der Waals surface area contributed by atoms with Crippen LogP contribution in [0.2, 0.25) is 0 Å². The zero-order chi connectivity index (χ0) is 11.9. The number of unbranched alkanes of at least 4 members (excludes halogenated alkanes) is 3. The fourth-order valence-corrected chi connectivity index (χ4v) is 2.56. The fraction of sp³-hybridized carbons (Fsp3) is 1.00. The summed E-state index contributed by atoms with van der Waals surface area (Å²) >= 11 is 0. The van der Waals surface area contributed by atoms with Gasteiger partial charge in [-0.05, 0) is 39.9 Å². The lowest BCUT2D eigenvalue weighted by atomic mass is 10.2. The van der Waals surface area contributed by atoms with Gasteiger partial charge in [-0.25, -0.2) is 0 Å². The van der Waals surface area contributed by atoms with Gasteiger partial charge < -0.3 is 4.74 Å². The summed E-state index contributed by atoms with van der Waals surface area (Å²) in [6, 6.07) is 0. The maximum atomic E-state index is 5.96. The van der Waals surface area contributed by atoms with Gasteiger partial charge in [0.05, 0.1) is 5.60 Å². The Morgan fingerprint density at radius 1 is 1.00 bits per heavy atom. The lowest BCUT2D eigenvalue weighted by Crippen LogP contribution is -2.19. The monoisotopic (exact) mass is 274 g/mol. The molecule has 4 heteroatoms. The highest BCUT2D eigenvalue weighted by Crippen LogP contribution is 2.55. The maximum absolute atomic E-state index is 5.96. The molecule has 0 heterocycles. The lowest BCUT2D eigenvalue weighted by Gasteiger charge is -2.20. The summed E-state index contributed by atoms with van der Waals surface area (Å²) in [5.41, 5.74) is -0.00496. The summed E-state index contributed by atoms with van der Waals surface area (Å²) in [7, 11) is 10.6. The molecule has 0 aromatic rings. The molecule has 1 nitrogen and oxygen atoms in total. The number of halogens is 2. The number of hydrogen-bond acceptors (Lipinski definition) is 1. The summed E-state index contributed by atoms with van der Waals surface area (Å²) in [5, 5.41) is 0. The molecule has 0 aliphatic carbocycles. The third kappa shape index (κ3) is 14.9. The summed E-state index contributed by atoms with van der Waals surface area (Å²) in [4.78, 5) is 0. The van der Waals surface area contributed by atoms with Crippen LogP contribution in [0.15, 0.2) is 0 Å². The molecule has 0 spiro atoms. The van der Waals surface area contributed by atoms with Gasteiger partial charge >= 0.3 is 0 Å². The van der Waals surface area contributed by atoms with E-state index in [2.05, 4.69) is 20.8 Å². The van der Waals surface area contributed by atoms with Crippen molar-refractivity contribution < 1.29 is 4.74 Å². The molecule has 0 radical (unpaired) electrons. The second kappa shape index (κ2) is 7.26. The van der Waals surface area contributed by atoms with Crippen molar-refractivity contribution in [2.24, 2.45) is 0 Å². The van der Waals surface area contributed by atoms with Gasteiger partial charge in [-0.2, -0.15) is 0 Å². The van der Waals surface area contributed by atoms with E-state index in [4.69, 9.17) is 26.1 Å². The van der Waals surface area contributed by atoms with Crippen LogP contribution in [0.25, 0.3) is 0 Å². The van der Waals surface area contributed by atoms with Gasteiger partial charge in [0.1, 0.15) is 0 Å². The van der Waals surface area contributed by atoms with Gasteiger partial charge in [0.15, 0.2) is 0 Å². The Bertz CT molecular complexity index is 143. The van der Waals surface area contributed by atoms with Gasteiger partial charge in [0, 0.05) is 12.4 Å². The van der Waals surface area contributed by atoms with Crippen LogP contribution >= 0.6 is 29.8 Å². The highest BCUT2D eigenvalue weighted by molar-refractivity contribution is 8.65. The Morgan fingerprint density at radius 3 is 2.00 bits per heavy atom. The van der Waals surface area contributed by atoms with Crippen LogP contribution < -0.4 is 0 Å². The first kappa shape index (κ1) is 15.9. The Labute approximate surface area is 105 Å². The van der Waals surface area contributed by atoms with Crippen molar-refractivity contribution in [3.05, 3.63) is 0 Å². The molecule has 0 bridgehead atoms. The molecule has 0 saturated carbocycles. The molecule has 0 unspecified atom stereocenters. The molecule has 0 aliphatic rings. The van der Waals surface area contributed by atoms with E-state index in [1.807, 2.05) is 6.26 Å². The number of rotatable bonds is 7. The van der Waals surface area contributed by atoms with E-state index in [0.29, 0.717) is 0 Å². The first-order valence-electron chi connectivity index (χ1n) is 5.50. The van der Waals surface area contributed by atoms with Crippen LogP contribution in [0.4, 0.5) is 0 Å². The fourth-order valence-electron chi connectivity index (χ4n) is 1.19. The predicted molar refractivity (Wildman–Crippen MR) is 74.3 cm³/mol. The minimum Gasteiger partial charge on any atom is -0.376 e. The smallest absolute Gasteiger partial charge is 0.0598 e. The Kier molecular flexibility index (Phi) is 7.69. The van der Waals surface area contributed by atoms with Crippen LogP contribution in [0.1, 0.15) is 46.5 Å². The summed E-state index contributed by atoms with van der Waals surface area (Å²) in [6.45, 7) is 7.11. The Balaban J connectivity index is 3.20. The molecule has 0 amide bonds. The van der Waals surface area contributed by atoms with Crippen LogP contribution in [0.3, 0.4) is 0 Å². The standard InChI is InChI=1S/C11H24Cl2OS/c1-11(2,3)14-9-7-5-6-8-10-15(4,12)13/h5-10H2,1-4H3. The summed E-state index contributed by atoms with van der Waals surface area (Å²) in [5.74, 6) is 0.955. The molecule has 0 aliphatic heterocycles. The molecule has 0 fully saturated rings. The Morgan fingerprint density at radius 2 is 1.53 bits per heavy atom. The van der Waals surface area contributed by atoms with Crippen molar-refractivity contribution in [1.82, 2.24) is 0 Å². The summed E-state index contributed by atoms with van der Waals surface area (Å²) in [6.07, 6.45) is 6.61. The SMILES string of the molecule is CC(C)(C)OCCCCCCS(C)(Cl)Cl. The van der Waals surface area contributed by atoms with E-state index in [1.165, 1.54) is 12.8 Å². The second-order valence-electron chi connectivity index (χ2n) is 4.95.